The summed E-state index contributed by atoms with van der Waals surface area (Å²) in [4.78, 5) is 7.32. The van der Waals surface area contributed by atoms with Crippen LogP contribution in [0, 0.1) is 0 Å². The van der Waals surface area contributed by atoms with Crippen molar-refractivity contribution in [3.63, 3.8) is 0 Å². The monoisotopic (exact) mass is 392 g/mol. The van der Waals surface area contributed by atoms with Crippen LogP contribution in [0.3, 0.4) is 0 Å². The molecule has 28 heavy (non-hydrogen) atoms. The Hall–Kier alpha value is -2.15. The molecule has 0 aromatic heterocycles. The van der Waals surface area contributed by atoms with E-state index in [4.69, 9.17) is 19.2 Å². The van der Waals surface area contributed by atoms with Crippen molar-refractivity contribution in [1.82, 2.24) is 15.5 Å². The van der Waals surface area contributed by atoms with Gasteiger partial charge in [-0.2, -0.15) is 0 Å². The van der Waals surface area contributed by atoms with Crippen molar-refractivity contribution in [2.24, 2.45) is 4.99 Å². The first-order valence-electron chi connectivity index (χ1n) is 10.2. The van der Waals surface area contributed by atoms with Gasteiger partial charge < -0.3 is 29.7 Å². The second-order valence-corrected chi connectivity index (χ2v) is 6.97. The van der Waals surface area contributed by atoms with E-state index in [2.05, 4.69) is 29.4 Å². The topological polar surface area (TPSA) is 67.4 Å². The summed E-state index contributed by atoms with van der Waals surface area (Å²) in [5, 5.41) is 6.95. The van der Waals surface area contributed by atoms with Gasteiger partial charge in [0.2, 0.25) is 0 Å². The molecule has 0 saturated carbocycles. The number of benzene rings is 1. The molecule has 7 nitrogen and oxygen atoms in total. The summed E-state index contributed by atoms with van der Waals surface area (Å²) in [7, 11) is 4.93. The van der Waals surface area contributed by atoms with Crippen molar-refractivity contribution < 1.29 is 14.2 Å². The highest BCUT2D eigenvalue weighted by molar-refractivity contribution is 5.80. The lowest BCUT2D eigenvalue weighted by molar-refractivity contribution is 0.206. The highest BCUT2D eigenvalue weighted by Gasteiger charge is 2.19. The van der Waals surface area contributed by atoms with Crippen LogP contribution in [-0.2, 0) is 6.54 Å². The van der Waals surface area contributed by atoms with Crippen LogP contribution in [0.15, 0.2) is 17.1 Å². The molecule has 1 fully saturated rings. The number of methoxy groups -OCH3 is 3. The van der Waals surface area contributed by atoms with Crippen molar-refractivity contribution in [3.05, 3.63) is 17.7 Å². The molecule has 1 aromatic rings. The quantitative estimate of drug-likeness (QED) is 0.497. The van der Waals surface area contributed by atoms with Gasteiger partial charge in [0.05, 0.1) is 33.4 Å². The van der Waals surface area contributed by atoms with Crippen molar-refractivity contribution in [3.8, 4) is 17.2 Å². The van der Waals surface area contributed by atoms with Gasteiger partial charge in [-0.25, -0.2) is 4.99 Å². The second-order valence-electron chi connectivity index (χ2n) is 6.97. The highest BCUT2D eigenvalue weighted by Crippen LogP contribution is 2.34. The number of ether oxygens (including phenoxy) is 3. The fourth-order valence-corrected chi connectivity index (χ4v) is 3.52. The van der Waals surface area contributed by atoms with E-state index >= 15 is 0 Å². The van der Waals surface area contributed by atoms with Gasteiger partial charge >= 0.3 is 0 Å². The number of rotatable bonds is 9. The fraction of sp³-hybridized carbons (Fsp3) is 0.667. The third kappa shape index (κ3) is 6.19. The Bertz CT molecular complexity index is 603. The Morgan fingerprint density at radius 2 is 1.71 bits per heavy atom. The molecule has 2 N–H and O–H groups in total. The minimum atomic E-state index is 0.450. The minimum absolute atomic E-state index is 0.450. The average Bonchev–Trinajstić information content (AvgIpc) is 2.73. The first-order chi connectivity index (χ1) is 13.6. The molecule has 158 valence electrons. The molecule has 0 radical (unpaired) electrons. The van der Waals surface area contributed by atoms with Crippen LogP contribution in [0.4, 0.5) is 0 Å². The first kappa shape index (κ1) is 22.1. The number of guanidine groups is 1. The van der Waals surface area contributed by atoms with Crippen LogP contribution in [0.25, 0.3) is 0 Å². The summed E-state index contributed by atoms with van der Waals surface area (Å²) >= 11 is 0. The molecule has 0 atom stereocenters. The van der Waals surface area contributed by atoms with Crippen molar-refractivity contribution in [2.45, 2.75) is 45.7 Å². The van der Waals surface area contributed by atoms with Crippen LogP contribution < -0.4 is 24.8 Å². The molecule has 0 spiro atoms. The molecule has 0 amide bonds. The van der Waals surface area contributed by atoms with Crippen LogP contribution in [0.1, 0.15) is 38.7 Å². The molecule has 1 saturated heterocycles. The maximum absolute atomic E-state index is 5.53. The van der Waals surface area contributed by atoms with Crippen LogP contribution in [0.2, 0.25) is 0 Å². The van der Waals surface area contributed by atoms with Gasteiger partial charge in [0.1, 0.15) is 17.2 Å². The van der Waals surface area contributed by atoms with Crippen LogP contribution in [0.5, 0.6) is 17.2 Å². The molecule has 2 rings (SSSR count). The summed E-state index contributed by atoms with van der Waals surface area (Å²) in [6.07, 6.45) is 3.49. The number of nitrogens with one attached hydrogen (secondary N) is 2. The molecule has 1 aliphatic rings. The lowest BCUT2D eigenvalue weighted by atomic mass is 10.1. The van der Waals surface area contributed by atoms with E-state index in [1.54, 1.807) is 21.3 Å². The van der Waals surface area contributed by atoms with Gasteiger partial charge in [-0.05, 0) is 32.7 Å². The summed E-state index contributed by atoms with van der Waals surface area (Å²) < 4.78 is 16.4. The average molecular weight is 393 g/mol. The zero-order valence-electron chi connectivity index (χ0n) is 18.0. The first-order valence-corrected chi connectivity index (χ1v) is 10.2. The fourth-order valence-electron chi connectivity index (χ4n) is 3.52. The molecule has 0 aliphatic carbocycles. The van der Waals surface area contributed by atoms with Gasteiger partial charge in [-0.3, -0.25) is 0 Å². The van der Waals surface area contributed by atoms with Crippen molar-refractivity contribution in [2.75, 3.05) is 47.5 Å². The standard InChI is InChI=1S/C21H36N4O3/c1-6-10-25-11-8-16(9-12-25)24-21(22-7-2)23-15-18-19(27-4)13-17(26-3)14-20(18)28-5/h13-14,16H,6-12,15H2,1-5H3,(H2,22,23,24). The van der Waals surface area contributed by atoms with Gasteiger partial charge in [-0.1, -0.05) is 6.92 Å². The van der Waals surface area contributed by atoms with E-state index in [-0.39, 0.29) is 0 Å². The number of hydrogen-bond acceptors (Lipinski definition) is 5. The number of likely N-dealkylation sites (tertiary alicyclic amines) is 1. The van der Waals surface area contributed by atoms with E-state index in [1.165, 1.54) is 13.0 Å². The van der Waals surface area contributed by atoms with E-state index in [0.29, 0.717) is 29.8 Å². The summed E-state index contributed by atoms with van der Waals surface area (Å²) in [5.74, 6) is 2.95. The van der Waals surface area contributed by atoms with Crippen molar-refractivity contribution >= 4 is 5.96 Å². The van der Waals surface area contributed by atoms with Gasteiger partial charge in [0.25, 0.3) is 0 Å². The molecular weight excluding hydrogens is 356 g/mol. The molecular formula is C21H36N4O3. The largest absolute Gasteiger partial charge is 0.496 e. The van der Waals surface area contributed by atoms with Gasteiger partial charge in [-0.15, -0.1) is 0 Å². The molecule has 0 unspecified atom stereocenters. The third-order valence-corrected chi connectivity index (χ3v) is 5.02. The van der Waals surface area contributed by atoms with Crippen LogP contribution in [-0.4, -0.2) is 64.4 Å². The maximum atomic E-state index is 5.53. The number of hydrogen-bond donors (Lipinski definition) is 2. The van der Waals surface area contributed by atoms with Gasteiger partial charge in [0, 0.05) is 37.8 Å². The minimum Gasteiger partial charge on any atom is -0.496 e. The zero-order valence-corrected chi connectivity index (χ0v) is 18.0. The third-order valence-electron chi connectivity index (χ3n) is 5.02. The predicted molar refractivity (Wildman–Crippen MR) is 114 cm³/mol. The predicted octanol–water partition coefficient (Wildman–Crippen LogP) is 2.64. The van der Waals surface area contributed by atoms with Crippen LogP contribution >= 0.6 is 0 Å². The van der Waals surface area contributed by atoms with Crippen molar-refractivity contribution in [1.29, 1.82) is 0 Å². The maximum Gasteiger partial charge on any atom is 0.191 e. The second kappa shape index (κ2) is 11.6. The Kier molecular flexibility index (Phi) is 9.20. The molecule has 0 bridgehead atoms. The molecule has 1 heterocycles. The Morgan fingerprint density at radius 1 is 1.07 bits per heavy atom. The Balaban J connectivity index is 2.08. The molecule has 1 aliphatic heterocycles. The Morgan fingerprint density at radius 3 is 2.21 bits per heavy atom. The van der Waals surface area contributed by atoms with E-state index in [9.17, 15) is 0 Å². The van der Waals surface area contributed by atoms with Gasteiger partial charge in [0.15, 0.2) is 5.96 Å². The lowest BCUT2D eigenvalue weighted by Gasteiger charge is -2.32. The molecule has 7 heteroatoms. The van der Waals surface area contributed by atoms with E-state index < -0.39 is 0 Å². The zero-order chi connectivity index (χ0) is 20.4. The lowest BCUT2D eigenvalue weighted by Crippen LogP contribution is -2.48. The Labute approximate surface area is 169 Å². The highest BCUT2D eigenvalue weighted by atomic mass is 16.5. The number of nitrogens with zero attached hydrogens (tertiary/aromatic N) is 2. The number of piperidine rings is 1. The molecule has 1 aromatic carbocycles. The summed E-state index contributed by atoms with van der Waals surface area (Å²) in [5.41, 5.74) is 0.903. The van der Waals surface area contributed by atoms with E-state index in [1.807, 2.05) is 12.1 Å². The normalized spacial score (nSPS) is 16.0. The summed E-state index contributed by atoms with van der Waals surface area (Å²) in [6.45, 7) is 9.07. The summed E-state index contributed by atoms with van der Waals surface area (Å²) in [6, 6.07) is 4.17. The smallest absolute Gasteiger partial charge is 0.191 e. The van der Waals surface area contributed by atoms with E-state index in [0.717, 1.165) is 44.0 Å². The number of aliphatic imine (C=N–C) groups is 1. The SMILES string of the molecule is CCCN1CCC(NC(=NCc2c(OC)cc(OC)cc2OC)NCC)CC1.